The number of hydrogen-bond donors (Lipinski definition) is 0. The van der Waals surface area contributed by atoms with Gasteiger partial charge in [-0.3, -0.25) is 0 Å². The summed E-state index contributed by atoms with van der Waals surface area (Å²) in [5.74, 6) is 0. The first-order valence-electron chi connectivity index (χ1n) is 3.23. The zero-order valence-corrected chi connectivity index (χ0v) is 7.55. The van der Waals surface area contributed by atoms with Gasteiger partial charge in [0.25, 0.3) is 0 Å². The summed E-state index contributed by atoms with van der Waals surface area (Å²) < 4.78 is 23.5. The first-order chi connectivity index (χ1) is 5.29. The molecule has 1 aromatic carbocycles. The van der Waals surface area contributed by atoms with Gasteiger partial charge in [-0.15, -0.1) is 0 Å². The van der Waals surface area contributed by atoms with Crippen LogP contribution in [0, 0.1) is 0 Å². The monoisotopic (exact) mass is 222 g/mol. The second-order valence-electron chi connectivity index (χ2n) is 2.06. The number of halogens is 2. The van der Waals surface area contributed by atoms with Crippen molar-refractivity contribution in [3.8, 4) is 0 Å². The third-order valence-electron chi connectivity index (χ3n) is 1.22. The van der Waals surface area contributed by atoms with Crippen LogP contribution in [0.2, 0.25) is 0 Å². The average molecular weight is 221 g/mol. The second kappa shape index (κ2) is 4.47. The van der Waals surface area contributed by atoms with Crippen LogP contribution in [0.1, 0.15) is 5.56 Å². The van der Waals surface area contributed by atoms with Crippen LogP contribution in [-0.4, -0.2) is 20.3 Å². The average Bonchev–Trinajstić information content (AvgIpc) is 2.03. The third kappa shape index (κ3) is 3.49. The van der Waals surface area contributed by atoms with Gasteiger partial charge >= 0.3 is 70.3 Å². The van der Waals surface area contributed by atoms with Crippen LogP contribution in [0.25, 0.3) is 0 Å². The quantitative estimate of drug-likeness (QED) is 0.686. The molecule has 0 aliphatic rings. The molecule has 0 aromatic heterocycles. The van der Waals surface area contributed by atoms with E-state index in [1.54, 1.807) is 0 Å². The van der Waals surface area contributed by atoms with E-state index >= 15 is 0 Å². The fraction of sp³-hybridized carbons (Fsp3) is 0.250. The SMILES string of the molecule is FC(F)[Se]Cc1ccccc1. The Hall–Kier alpha value is -0.401. The number of benzene rings is 1. The molecular weight excluding hydrogens is 213 g/mol. The van der Waals surface area contributed by atoms with Crippen LogP contribution >= 0.6 is 0 Å². The van der Waals surface area contributed by atoms with E-state index in [0.717, 1.165) is 5.56 Å². The van der Waals surface area contributed by atoms with Crippen molar-refractivity contribution in [1.82, 2.24) is 0 Å². The molecule has 0 unspecified atom stereocenters. The van der Waals surface area contributed by atoms with Crippen LogP contribution in [0.3, 0.4) is 0 Å². The maximum atomic E-state index is 11.7. The fourth-order valence-corrected chi connectivity index (χ4v) is 1.81. The summed E-state index contributed by atoms with van der Waals surface area (Å²) in [4.78, 5) is 0. The zero-order valence-electron chi connectivity index (χ0n) is 5.84. The van der Waals surface area contributed by atoms with Gasteiger partial charge in [0, 0.05) is 0 Å². The molecule has 0 N–H and O–H groups in total. The Balaban J connectivity index is 2.39. The van der Waals surface area contributed by atoms with Gasteiger partial charge in [-0.25, -0.2) is 0 Å². The molecule has 11 heavy (non-hydrogen) atoms. The molecule has 0 aliphatic carbocycles. The van der Waals surface area contributed by atoms with E-state index in [1.165, 1.54) is 0 Å². The minimum absolute atomic E-state index is 0.533. The molecule has 60 valence electrons. The van der Waals surface area contributed by atoms with Gasteiger partial charge in [0.05, 0.1) is 0 Å². The number of hydrogen-bond acceptors (Lipinski definition) is 0. The Bertz CT molecular complexity index is 199. The van der Waals surface area contributed by atoms with Crippen molar-refractivity contribution >= 4 is 15.0 Å². The fourth-order valence-electron chi connectivity index (χ4n) is 0.733. The molecule has 1 rings (SSSR count). The van der Waals surface area contributed by atoms with Crippen LogP contribution in [0.4, 0.5) is 8.78 Å². The van der Waals surface area contributed by atoms with Crippen molar-refractivity contribution in [1.29, 1.82) is 0 Å². The van der Waals surface area contributed by atoms with Gasteiger partial charge in [-0.1, -0.05) is 0 Å². The summed E-state index contributed by atoms with van der Waals surface area (Å²) in [5.41, 5.74) is 1.01. The predicted octanol–water partition coefficient (Wildman–Crippen LogP) is 2.11. The van der Waals surface area contributed by atoms with Crippen molar-refractivity contribution in [2.45, 2.75) is 10.6 Å². The molecule has 0 saturated heterocycles. The third-order valence-corrected chi connectivity index (χ3v) is 2.80. The molecule has 0 spiro atoms. The Morgan fingerprint density at radius 3 is 2.36 bits per heavy atom. The van der Waals surface area contributed by atoms with Gasteiger partial charge in [0.2, 0.25) is 0 Å². The maximum absolute atomic E-state index is 11.7. The summed E-state index contributed by atoms with van der Waals surface area (Å²) in [7, 11) is 0. The van der Waals surface area contributed by atoms with E-state index in [-0.39, 0.29) is 0 Å². The van der Waals surface area contributed by atoms with Crippen molar-refractivity contribution in [2.75, 3.05) is 0 Å². The summed E-state index contributed by atoms with van der Waals surface area (Å²) in [6, 6.07) is 9.39. The molecule has 0 amide bonds. The Morgan fingerprint density at radius 1 is 1.18 bits per heavy atom. The summed E-state index contributed by atoms with van der Waals surface area (Å²) in [6.07, 6.45) is 0. The first kappa shape index (κ1) is 8.69. The molecule has 0 atom stereocenters. The Morgan fingerprint density at radius 2 is 1.82 bits per heavy atom. The molecule has 1 aromatic rings. The van der Waals surface area contributed by atoms with Crippen molar-refractivity contribution < 1.29 is 8.78 Å². The molecule has 0 fully saturated rings. The van der Waals surface area contributed by atoms with E-state index in [9.17, 15) is 8.78 Å². The number of rotatable bonds is 3. The second-order valence-corrected chi connectivity index (χ2v) is 4.11. The molecule has 0 nitrogen and oxygen atoms in total. The van der Waals surface area contributed by atoms with E-state index in [2.05, 4.69) is 0 Å². The zero-order chi connectivity index (χ0) is 8.10. The first-order valence-corrected chi connectivity index (χ1v) is 5.43. The minimum atomic E-state index is -2.12. The molecule has 0 heterocycles. The van der Waals surface area contributed by atoms with E-state index in [0.29, 0.717) is 5.32 Å². The predicted molar refractivity (Wildman–Crippen MR) is 41.9 cm³/mol. The molecular formula is C8H8F2Se. The van der Waals surface area contributed by atoms with Crippen LogP contribution in [0.15, 0.2) is 30.3 Å². The Kier molecular flexibility index (Phi) is 3.53. The normalized spacial score (nSPS) is 10.5. The van der Waals surface area contributed by atoms with Crippen molar-refractivity contribution in [3.63, 3.8) is 0 Å². The van der Waals surface area contributed by atoms with Crippen LogP contribution in [-0.2, 0) is 5.32 Å². The summed E-state index contributed by atoms with van der Waals surface area (Å²) in [6.45, 7) is 0. The van der Waals surface area contributed by atoms with E-state index in [4.69, 9.17) is 0 Å². The van der Waals surface area contributed by atoms with Gasteiger partial charge in [0.1, 0.15) is 0 Å². The summed E-state index contributed by atoms with van der Waals surface area (Å²) in [5, 5.41) is -1.59. The molecule has 0 radical (unpaired) electrons. The van der Waals surface area contributed by atoms with E-state index in [1.807, 2.05) is 30.3 Å². The van der Waals surface area contributed by atoms with Gasteiger partial charge in [-0.05, 0) is 0 Å². The Labute approximate surface area is 70.8 Å². The molecule has 0 bridgehead atoms. The van der Waals surface area contributed by atoms with E-state index < -0.39 is 20.3 Å². The van der Waals surface area contributed by atoms with Gasteiger partial charge < -0.3 is 0 Å². The summed E-state index contributed by atoms with van der Waals surface area (Å²) >= 11 is -0.554. The standard InChI is InChI=1S/C8H8F2Se/c9-8(10)11-6-7-4-2-1-3-5-7/h1-5,8H,6H2. The van der Waals surface area contributed by atoms with Crippen LogP contribution < -0.4 is 0 Å². The molecule has 0 saturated carbocycles. The van der Waals surface area contributed by atoms with Crippen molar-refractivity contribution in [2.24, 2.45) is 0 Å². The topological polar surface area (TPSA) is 0 Å². The van der Waals surface area contributed by atoms with Gasteiger partial charge in [0.15, 0.2) is 0 Å². The van der Waals surface area contributed by atoms with Crippen molar-refractivity contribution in [3.05, 3.63) is 35.9 Å². The van der Waals surface area contributed by atoms with Crippen LogP contribution in [0.5, 0.6) is 0 Å². The number of alkyl halides is 2. The van der Waals surface area contributed by atoms with Gasteiger partial charge in [-0.2, -0.15) is 0 Å². The molecule has 3 heteroatoms. The molecule has 0 aliphatic heterocycles.